The zero-order valence-corrected chi connectivity index (χ0v) is 10.7. The SMILES string of the molecule is COCCS(=O)(=O)CCNCc1ccccn1. The Kier molecular flexibility index (Phi) is 6.10. The van der Waals surface area contributed by atoms with Crippen LogP contribution < -0.4 is 5.32 Å². The van der Waals surface area contributed by atoms with E-state index in [2.05, 4.69) is 10.3 Å². The van der Waals surface area contributed by atoms with Crippen LogP contribution in [0.5, 0.6) is 0 Å². The minimum Gasteiger partial charge on any atom is -0.384 e. The predicted octanol–water partition coefficient (Wildman–Crippen LogP) is 0.232. The fraction of sp³-hybridized carbons (Fsp3) is 0.545. The predicted molar refractivity (Wildman–Crippen MR) is 66.5 cm³/mol. The molecule has 5 nitrogen and oxygen atoms in total. The first-order chi connectivity index (χ1) is 8.14. The molecule has 1 heterocycles. The third kappa shape index (κ3) is 6.35. The lowest BCUT2D eigenvalue weighted by atomic mass is 10.3. The average Bonchev–Trinajstić information content (AvgIpc) is 2.34. The minimum atomic E-state index is -3.01. The molecule has 1 aromatic heterocycles. The van der Waals surface area contributed by atoms with Crippen molar-refractivity contribution >= 4 is 9.84 Å². The van der Waals surface area contributed by atoms with Gasteiger partial charge in [-0.3, -0.25) is 4.98 Å². The van der Waals surface area contributed by atoms with Crippen LogP contribution in [0, 0.1) is 0 Å². The van der Waals surface area contributed by atoms with Crippen molar-refractivity contribution in [3.05, 3.63) is 30.1 Å². The third-order valence-corrected chi connectivity index (χ3v) is 3.84. The molecule has 17 heavy (non-hydrogen) atoms. The highest BCUT2D eigenvalue weighted by atomic mass is 32.2. The maximum Gasteiger partial charge on any atom is 0.153 e. The standard InChI is InChI=1S/C11H18N2O3S/c1-16-7-9-17(14,15)8-6-12-10-11-4-2-3-5-13-11/h2-5,12H,6-10H2,1H3. The summed E-state index contributed by atoms with van der Waals surface area (Å²) in [5.41, 5.74) is 0.904. The molecule has 96 valence electrons. The number of nitrogens with zero attached hydrogens (tertiary/aromatic N) is 1. The average molecular weight is 258 g/mol. The Hall–Kier alpha value is -0.980. The Balaban J connectivity index is 2.20. The molecular formula is C11H18N2O3S. The Morgan fingerprint density at radius 2 is 2.18 bits per heavy atom. The monoisotopic (exact) mass is 258 g/mol. The van der Waals surface area contributed by atoms with Crippen molar-refractivity contribution in [3.63, 3.8) is 0 Å². The lowest BCUT2D eigenvalue weighted by molar-refractivity contribution is 0.217. The summed E-state index contributed by atoms with van der Waals surface area (Å²) in [7, 11) is -1.51. The highest BCUT2D eigenvalue weighted by Crippen LogP contribution is 1.93. The van der Waals surface area contributed by atoms with Crippen LogP contribution in [0.3, 0.4) is 0 Å². The second-order valence-electron chi connectivity index (χ2n) is 3.64. The van der Waals surface area contributed by atoms with Crippen LogP contribution in [-0.2, 0) is 21.1 Å². The van der Waals surface area contributed by atoms with Crippen molar-refractivity contribution in [2.75, 3.05) is 31.8 Å². The fourth-order valence-corrected chi connectivity index (χ4v) is 2.34. The fourth-order valence-electron chi connectivity index (χ4n) is 1.26. The molecule has 0 saturated carbocycles. The Morgan fingerprint density at radius 1 is 1.35 bits per heavy atom. The summed E-state index contributed by atoms with van der Waals surface area (Å²) >= 11 is 0. The van der Waals surface area contributed by atoms with E-state index in [1.165, 1.54) is 7.11 Å². The van der Waals surface area contributed by atoms with Gasteiger partial charge in [0.25, 0.3) is 0 Å². The van der Waals surface area contributed by atoms with Crippen molar-refractivity contribution in [3.8, 4) is 0 Å². The molecule has 0 bridgehead atoms. The van der Waals surface area contributed by atoms with E-state index < -0.39 is 9.84 Å². The minimum absolute atomic E-state index is 0.0781. The molecule has 0 aliphatic heterocycles. The molecule has 0 aliphatic rings. The molecule has 1 N–H and O–H groups in total. The Labute approximate surface area is 102 Å². The molecule has 6 heteroatoms. The molecule has 0 saturated heterocycles. The van der Waals surface area contributed by atoms with Gasteiger partial charge in [-0.2, -0.15) is 0 Å². The van der Waals surface area contributed by atoms with Gasteiger partial charge in [-0.25, -0.2) is 8.42 Å². The molecular weight excluding hydrogens is 240 g/mol. The maximum atomic E-state index is 11.5. The molecule has 0 aliphatic carbocycles. The van der Waals surface area contributed by atoms with Gasteiger partial charge in [0.2, 0.25) is 0 Å². The van der Waals surface area contributed by atoms with E-state index in [0.29, 0.717) is 13.1 Å². The topological polar surface area (TPSA) is 68.3 Å². The number of nitrogens with one attached hydrogen (secondary N) is 1. The lowest BCUT2D eigenvalue weighted by Gasteiger charge is -2.05. The first kappa shape index (κ1) is 14.1. The van der Waals surface area contributed by atoms with Crippen LogP contribution in [0.2, 0.25) is 0 Å². The van der Waals surface area contributed by atoms with Crippen molar-refractivity contribution < 1.29 is 13.2 Å². The Morgan fingerprint density at radius 3 is 2.82 bits per heavy atom. The number of methoxy groups -OCH3 is 1. The Bertz CT molecular complexity index is 406. The largest absolute Gasteiger partial charge is 0.384 e. The number of ether oxygens (including phenoxy) is 1. The van der Waals surface area contributed by atoms with Gasteiger partial charge in [0, 0.05) is 26.4 Å². The lowest BCUT2D eigenvalue weighted by Crippen LogP contribution is -2.25. The van der Waals surface area contributed by atoms with Crippen molar-refractivity contribution in [2.24, 2.45) is 0 Å². The van der Waals surface area contributed by atoms with Crippen LogP contribution in [0.4, 0.5) is 0 Å². The molecule has 1 rings (SSSR count). The molecule has 0 radical (unpaired) electrons. The van der Waals surface area contributed by atoms with E-state index in [0.717, 1.165) is 5.69 Å². The van der Waals surface area contributed by atoms with Crippen molar-refractivity contribution in [1.29, 1.82) is 0 Å². The first-order valence-corrected chi connectivity index (χ1v) is 7.26. The molecule has 0 unspecified atom stereocenters. The van der Waals surface area contributed by atoms with E-state index in [4.69, 9.17) is 4.74 Å². The second-order valence-corrected chi connectivity index (χ2v) is 5.95. The third-order valence-electron chi connectivity index (χ3n) is 2.22. The summed E-state index contributed by atoms with van der Waals surface area (Å²) in [6.07, 6.45) is 1.71. The van der Waals surface area contributed by atoms with Crippen LogP contribution in [0.15, 0.2) is 24.4 Å². The van der Waals surface area contributed by atoms with E-state index in [-0.39, 0.29) is 18.1 Å². The van der Waals surface area contributed by atoms with E-state index in [1.54, 1.807) is 6.20 Å². The summed E-state index contributed by atoms with van der Waals surface area (Å²) in [4.78, 5) is 4.13. The maximum absolute atomic E-state index is 11.5. The van der Waals surface area contributed by atoms with Crippen molar-refractivity contribution in [2.45, 2.75) is 6.54 Å². The number of rotatable bonds is 8. The van der Waals surface area contributed by atoms with Gasteiger partial charge in [-0.15, -0.1) is 0 Å². The number of aromatic nitrogens is 1. The number of sulfone groups is 1. The van der Waals surface area contributed by atoms with Crippen molar-refractivity contribution in [1.82, 2.24) is 10.3 Å². The highest BCUT2D eigenvalue weighted by molar-refractivity contribution is 7.91. The highest BCUT2D eigenvalue weighted by Gasteiger charge is 2.09. The molecule has 0 fully saturated rings. The molecule has 0 aromatic carbocycles. The zero-order valence-electron chi connectivity index (χ0n) is 9.93. The molecule has 1 aromatic rings. The normalized spacial score (nSPS) is 11.6. The number of pyridine rings is 1. The quantitative estimate of drug-likeness (QED) is 0.676. The van der Waals surface area contributed by atoms with Crippen LogP contribution >= 0.6 is 0 Å². The van der Waals surface area contributed by atoms with Gasteiger partial charge < -0.3 is 10.1 Å². The van der Waals surface area contributed by atoms with Gasteiger partial charge in [0.1, 0.15) is 0 Å². The van der Waals surface area contributed by atoms with E-state index in [1.807, 2.05) is 18.2 Å². The smallest absolute Gasteiger partial charge is 0.153 e. The van der Waals surface area contributed by atoms with Crippen LogP contribution in [-0.4, -0.2) is 45.2 Å². The molecule has 0 spiro atoms. The zero-order chi connectivity index (χ0) is 12.6. The van der Waals surface area contributed by atoms with Crippen LogP contribution in [0.1, 0.15) is 5.69 Å². The molecule has 0 atom stereocenters. The van der Waals surface area contributed by atoms with E-state index in [9.17, 15) is 8.42 Å². The van der Waals surface area contributed by atoms with Gasteiger partial charge in [-0.1, -0.05) is 6.07 Å². The van der Waals surface area contributed by atoms with Gasteiger partial charge in [0.05, 0.1) is 23.8 Å². The summed E-state index contributed by atoms with van der Waals surface area (Å²) in [6.45, 7) is 1.27. The molecule has 0 amide bonds. The van der Waals surface area contributed by atoms with Gasteiger partial charge in [-0.05, 0) is 12.1 Å². The number of hydrogen-bond acceptors (Lipinski definition) is 5. The second kappa shape index (κ2) is 7.37. The summed E-state index contributed by atoms with van der Waals surface area (Å²) in [5.74, 6) is 0.206. The van der Waals surface area contributed by atoms with E-state index >= 15 is 0 Å². The summed E-state index contributed by atoms with van der Waals surface area (Å²) in [6, 6.07) is 5.64. The van der Waals surface area contributed by atoms with Gasteiger partial charge >= 0.3 is 0 Å². The first-order valence-electron chi connectivity index (χ1n) is 5.44. The number of hydrogen-bond donors (Lipinski definition) is 1. The summed E-state index contributed by atoms with van der Waals surface area (Å²) in [5, 5.41) is 3.05. The van der Waals surface area contributed by atoms with Gasteiger partial charge in [0.15, 0.2) is 9.84 Å². The summed E-state index contributed by atoms with van der Waals surface area (Å²) < 4.78 is 27.7. The van der Waals surface area contributed by atoms with Crippen LogP contribution in [0.25, 0.3) is 0 Å².